The van der Waals surface area contributed by atoms with Crippen LogP contribution in [0.4, 0.5) is 0 Å². The molecule has 57 heavy (non-hydrogen) atoms. The Labute approximate surface area is 325 Å². The van der Waals surface area contributed by atoms with Crippen molar-refractivity contribution in [1.29, 1.82) is 0 Å². The van der Waals surface area contributed by atoms with Crippen molar-refractivity contribution in [2.24, 2.45) is 0 Å². The molecule has 8 N–H and O–H groups in total. The van der Waals surface area contributed by atoms with E-state index < -0.39 is 91.4 Å². The van der Waals surface area contributed by atoms with Crippen LogP contribution >= 0.6 is 0 Å². The fourth-order valence-corrected chi connectivity index (χ4v) is 5.34. The van der Waals surface area contributed by atoms with Crippen LogP contribution in [0.5, 0.6) is 5.75 Å². The summed E-state index contributed by atoms with van der Waals surface area (Å²) in [4.78, 5) is 127. The van der Waals surface area contributed by atoms with Gasteiger partial charge < -0.3 is 46.7 Å². The Bertz CT molecular complexity index is 1870. The van der Waals surface area contributed by atoms with E-state index in [2.05, 4.69) is 26.6 Å². The lowest BCUT2D eigenvalue weighted by Gasteiger charge is -2.19. The number of carboxylic acids is 2. The van der Waals surface area contributed by atoms with Crippen LogP contribution in [0, 0.1) is 6.92 Å². The summed E-state index contributed by atoms with van der Waals surface area (Å²) >= 11 is 0. The van der Waals surface area contributed by atoms with Gasteiger partial charge in [0.25, 0.3) is 17.7 Å². The first-order chi connectivity index (χ1) is 27.0. The van der Waals surface area contributed by atoms with Crippen LogP contribution in [0.25, 0.3) is 0 Å². The molecule has 0 aliphatic carbocycles. The maximum atomic E-state index is 12.9. The highest BCUT2D eigenvalue weighted by Crippen LogP contribution is 2.18. The summed E-state index contributed by atoms with van der Waals surface area (Å²) in [7, 11) is 0. The minimum absolute atomic E-state index is 0.00961. The fraction of sp³-hybridized carbons (Fsp3) is 0.405. The highest BCUT2D eigenvalue weighted by molar-refractivity contribution is 6.03. The number of imide groups is 1. The molecule has 1 fully saturated rings. The third kappa shape index (κ3) is 15.1. The highest BCUT2D eigenvalue weighted by atomic mass is 16.7. The van der Waals surface area contributed by atoms with Gasteiger partial charge in [0.15, 0.2) is 0 Å². The van der Waals surface area contributed by atoms with Gasteiger partial charge in [0, 0.05) is 37.8 Å². The molecule has 7 amide bonds. The molecule has 2 aromatic rings. The maximum absolute atomic E-state index is 12.9. The number of carbonyl (C=O) groups excluding carboxylic acids is 8. The summed E-state index contributed by atoms with van der Waals surface area (Å²) in [5.41, 5.74) is 1.30. The zero-order valence-electron chi connectivity index (χ0n) is 31.0. The lowest BCUT2D eigenvalue weighted by molar-refractivity contribution is -0.172. The molecule has 0 spiro atoms. The van der Waals surface area contributed by atoms with Gasteiger partial charge in [-0.2, -0.15) is 0 Å². The van der Waals surface area contributed by atoms with Crippen LogP contribution in [0.15, 0.2) is 42.5 Å². The Morgan fingerprint density at radius 2 is 1.40 bits per heavy atom. The van der Waals surface area contributed by atoms with E-state index in [-0.39, 0.29) is 55.0 Å². The van der Waals surface area contributed by atoms with Gasteiger partial charge in [-0.3, -0.25) is 38.4 Å². The second kappa shape index (κ2) is 21.9. The van der Waals surface area contributed by atoms with Crippen molar-refractivity contribution >= 4 is 59.3 Å². The van der Waals surface area contributed by atoms with E-state index in [4.69, 9.17) is 9.94 Å². The molecule has 0 radical (unpaired) electrons. The smallest absolute Gasteiger partial charge is 0.363 e. The van der Waals surface area contributed by atoms with E-state index in [0.29, 0.717) is 29.9 Å². The number of amides is 7. The van der Waals surface area contributed by atoms with Gasteiger partial charge in [-0.05, 0) is 74.4 Å². The Kier molecular flexibility index (Phi) is 17.1. The third-order valence-electron chi connectivity index (χ3n) is 8.45. The van der Waals surface area contributed by atoms with Crippen molar-refractivity contribution in [1.82, 2.24) is 31.6 Å². The summed E-state index contributed by atoms with van der Waals surface area (Å²) in [5, 5.41) is 40.4. The molecule has 3 rings (SSSR count). The molecular weight excluding hydrogens is 752 g/mol. The predicted molar refractivity (Wildman–Crippen MR) is 195 cm³/mol. The fourth-order valence-electron chi connectivity index (χ4n) is 5.34. The number of aromatic hydroxyl groups is 1. The molecule has 2 aromatic carbocycles. The number of hydrogen-bond acceptors (Lipinski definition) is 12. The lowest BCUT2D eigenvalue weighted by atomic mass is 10.1. The highest BCUT2D eigenvalue weighted by Gasteiger charge is 2.33. The average Bonchev–Trinajstić information content (AvgIpc) is 3.49. The Morgan fingerprint density at radius 3 is 2.05 bits per heavy atom. The number of carbonyl (C=O) groups is 10. The summed E-state index contributed by atoms with van der Waals surface area (Å²) in [6.45, 7) is 0.607. The largest absolute Gasteiger partial charge is 0.508 e. The minimum Gasteiger partial charge on any atom is -0.508 e. The molecule has 20 heteroatoms. The molecule has 1 heterocycles. The number of nitrogens with zero attached hydrogens (tertiary/aromatic N) is 1. The summed E-state index contributed by atoms with van der Waals surface area (Å²) in [5.74, 6) is -8.75. The quantitative estimate of drug-likeness (QED) is 0.0556. The van der Waals surface area contributed by atoms with Crippen LogP contribution in [-0.4, -0.2) is 111 Å². The van der Waals surface area contributed by atoms with Crippen LogP contribution < -0.4 is 26.6 Å². The molecule has 1 unspecified atom stereocenters. The topological polar surface area (TPSA) is 304 Å². The van der Waals surface area contributed by atoms with E-state index in [9.17, 15) is 58.2 Å². The van der Waals surface area contributed by atoms with E-state index in [1.165, 1.54) is 18.2 Å². The number of hydrogen-bond donors (Lipinski definition) is 8. The van der Waals surface area contributed by atoms with Crippen molar-refractivity contribution in [3.8, 4) is 5.75 Å². The number of aliphatic carboxylic acids is 2. The van der Waals surface area contributed by atoms with Crippen molar-refractivity contribution < 1.29 is 68.1 Å². The monoisotopic (exact) mass is 796 g/mol. The normalized spacial score (nSPS) is 13.2. The van der Waals surface area contributed by atoms with Crippen LogP contribution in [-0.2, 0) is 49.6 Å². The number of aryl methyl sites for hydroxylation is 2. The van der Waals surface area contributed by atoms with Crippen LogP contribution in [0.2, 0.25) is 0 Å². The molecule has 1 aliphatic rings. The molecule has 0 saturated carbocycles. The molecule has 2 atom stereocenters. The molecule has 20 nitrogen and oxygen atoms in total. The van der Waals surface area contributed by atoms with Crippen molar-refractivity contribution in [2.45, 2.75) is 76.8 Å². The summed E-state index contributed by atoms with van der Waals surface area (Å²) < 4.78 is 0. The average molecular weight is 797 g/mol. The molecular formula is C37H44N6O14. The number of nitrogens with one attached hydrogen (secondary N) is 5. The first-order valence-electron chi connectivity index (χ1n) is 17.9. The van der Waals surface area contributed by atoms with Gasteiger partial charge in [-0.15, -0.1) is 5.06 Å². The molecule has 0 bridgehead atoms. The standard InChI is InChI=1S/C37H44N6O14/c1-21-17-22(8-11-27(21)44)9-12-28(45)38-16-3-2-7-26(36(54)55)42-30(47)20-40-35(53)25(10-15-33(50)51)41-29(46)19-39-34(52)23-5-4-6-24(18-23)37(56)57-43-31(48)13-14-32(43)49/h4-6,8,11,17-18,25-26,44H,2-3,7,9-10,12-16,19-20H2,1H3,(H,38,45)(H,39,52)(H,40,53)(H,41,46)(H,42,47)(H,50,51)(H,54,55)/t25-,26?/m1/s1. The lowest BCUT2D eigenvalue weighted by Crippen LogP contribution is -2.52. The second-order valence-electron chi connectivity index (χ2n) is 12.9. The van der Waals surface area contributed by atoms with Gasteiger partial charge >= 0.3 is 17.9 Å². The van der Waals surface area contributed by atoms with Gasteiger partial charge in [-0.25, -0.2) is 9.59 Å². The minimum atomic E-state index is -1.47. The summed E-state index contributed by atoms with van der Waals surface area (Å²) in [6.07, 6.45) is 0.236. The third-order valence-corrected chi connectivity index (χ3v) is 8.45. The van der Waals surface area contributed by atoms with Gasteiger partial charge in [0.05, 0.1) is 18.7 Å². The van der Waals surface area contributed by atoms with Crippen molar-refractivity contribution in [2.75, 3.05) is 19.6 Å². The van der Waals surface area contributed by atoms with Crippen molar-refractivity contribution in [3.63, 3.8) is 0 Å². The number of hydroxylamine groups is 2. The zero-order chi connectivity index (χ0) is 42.1. The second-order valence-corrected chi connectivity index (χ2v) is 12.9. The van der Waals surface area contributed by atoms with E-state index >= 15 is 0 Å². The van der Waals surface area contributed by atoms with E-state index in [0.717, 1.165) is 11.6 Å². The van der Waals surface area contributed by atoms with Crippen LogP contribution in [0.1, 0.15) is 83.2 Å². The number of phenols is 1. The number of unbranched alkanes of at least 4 members (excludes halogenated alkanes) is 1. The molecule has 1 aliphatic heterocycles. The van der Waals surface area contributed by atoms with E-state index in [1.54, 1.807) is 25.1 Å². The molecule has 1 saturated heterocycles. The zero-order valence-corrected chi connectivity index (χ0v) is 31.0. The molecule has 0 aromatic heterocycles. The number of benzene rings is 2. The van der Waals surface area contributed by atoms with Gasteiger partial charge in [-0.1, -0.05) is 18.2 Å². The Balaban J connectivity index is 1.42. The van der Waals surface area contributed by atoms with Crippen LogP contribution in [0.3, 0.4) is 0 Å². The number of rotatable bonds is 22. The van der Waals surface area contributed by atoms with Gasteiger partial charge in [0.2, 0.25) is 23.6 Å². The maximum Gasteiger partial charge on any atom is 0.363 e. The first kappa shape index (κ1) is 44.5. The SMILES string of the molecule is Cc1cc(CCC(=O)NCCCCC(NC(=O)CNC(=O)[C@@H](CCC(=O)O)NC(=O)CNC(=O)c2cccc(C(=O)ON3C(=O)CCC3=O)c2)C(=O)O)ccc1O. The Morgan fingerprint density at radius 1 is 0.754 bits per heavy atom. The van der Waals surface area contributed by atoms with E-state index in [1.807, 2.05) is 0 Å². The summed E-state index contributed by atoms with van der Waals surface area (Å²) in [6, 6.07) is 7.25. The Hall–Kier alpha value is -6.86. The number of phenolic OH excluding ortho intramolecular Hbond substituents is 1. The van der Waals surface area contributed by atoms with Gasteiger partial charge in [0.1, 0.15) is 17.8 Å². The molecule has 306 valence electrons. The number of carboxylic acid groups (broad SMARTS) is 2. The first-order valence-corrected chi connectivity index (χ1v) is 17.9. The van der Waals surface area contributed by atoms with Crippen molar-refractivity contribution in [3.05, 3.63) is 64.7 Å². The predicted octanol–water partition coefficient (Wildman–Crippen LogP) is -0.394.